The number of benzene rings is 1. The van der Waals surface area contributed by atoms with Crippen LogP contribution in [0.25, 0.3) is 0 Å². The van der Waals surface area contributed by atoms with E-state index in [1.54, 1.807) is 0 Å². The summed E-state index contributed by atoms with van der Waals surface area (Å²) >= 11 is 0. The Hall–Kier alpha value is -1.58. The van der Waals surface area contributed by atoms with E-state index in [0.29, 0.717) is 18.4 Å². The third-order valence-corrected chi connectivity index (χ3v) is 4.33. The SMILES string of the molecule is Fc1c(OC/C=C/C2CC2)ccc(OCC2CCCC2)c1F. The Labute approximate surface area is 130 Å². The molecule has 2 fully saturated rings. The molecule has 4 heteroatoms. The predicted octanol–water partition coefficient (Wildman–Crippen LogP) is 4.88. The van der Waals surface area contributed by atoms with Crippen molar-refractivity contribution >= 4 is 0 Å². The molecule has 2 aliphatic rings. The molecule has 22 heavy (non-hydrogen) atoms. The minimum Gasteiger partial charge on any atom is -0.490 e. The predicted molar refractivity (Wildman–Crippen MR) is 81.2 cm³/mol. The Morgan fingerprint density at radius 1 is 0.955 bits per heavy atom. The first-order valence-electron chi connectivity index (χ1n) is 8.14. The number of halogens is 2. The summed E-state index contributed by atoms with van der Waals surface area (Å²) in [7, 11) is 0. The molecule has 0 radical (unpaired) electrons. The lowest BCUT2D eigenvalue weighted by atomic mass is 10.1. The fourth-order valence-corrected chi connectivity index (χ4v) is 2.80. The summed E-state index contributed by atoms with van der Waals surface area (Å²) in [6.07, 6.45) is 11.0. The third kappa shape index (κ3) is 3.99. The molecular formula is C18H22F2O2. The number of hydrogen-bond donors (Lipinski definition) is 0. The van der Waals surface area contributed by atoms with Gasteiger partial charge in [0.15, 0.2) is 11.5 Å². The van der Waals surface area contributed by atoms with E-state index in [-0.39, 0.29) is 18.1 Å². The maximum absolute atomic E-state index is 14.0. The average molecular weight is 308 g/mol. The molecule has 2 nitrogen and oxygen atoms in total. The molecule has 0 unspecified atom stereocenters. The molecule has 0 heterocycles. The number of allylic oxidation sites excluding steroid dienone is 1. The van der Waals surface area contributed by atoms with Crippen molar-refractivity contribution in [1.29, 1.82) is 0 Å². The van der Waals surface area contributed by atoms with Gasteiger partial charge < -0.3 is 9.47 Å². The zero-order chi connectivity index (χ0) is 15.4. The molecule has 0 bridgehead atoms. The molecule has 0 aliphatic heterocycles. The van der Waals surface area contributed by atoms with Gasteiger partial charge in [-0.3, -0.25) is 0 Å². The molecular weight excluding hydrogens is 286 g/mol. The minimum atomic E-state index is -0.969. The van der Waals surface area contributed by atoms with Crippen LogP contribution in [0.2, 0.25) is 0 Å². The fraction of sp³-hybridized carbons (Fsp3) is 0.556. The van der Waals surface area contributed by atoms with Gasteiger partial charge in [0.05, 0.1) is 6.61 Å². The monoisotopic (exact) mass is 308 g/mol. The van der Waals surface area contributed by atoms with E-state index < -0.39 is 11.6 Å². The summed E-state index contributed by atoms with van der Waals surface area (Å²) < 4.78 is 38.7. The molecule has 1 aromatic rings. The second-order valence-electron chi connectivity index (χ2n) is 6.23. The van der Waals surface area contributed by atoms with Crippen LogP contribution in [0, 0.1) is 23.5 Å². The first kappa shape index (κ1) is 15.3. The van der Waals surface area contributed by atoms with E-state index in [1.165, 1.54) is 37.8 Å². The molecule has 0 spiro atoms. The van der Waals surface area contributed by atoms with Crippen LogP contribution in [-0.4, -0.2) is 13.2 Å². The molecule has 2 saturated carbocycles. The van der Waals surface area contributed by atoms with Crippen LogP contribution >= 0.6 is 0 Å². The molecule has 0 saturated heterocycles. The Morgan fingerprint density at radius 3 is 2.23 bits per heavy atom. The van der Waals surface area contributed by atoms with Gasteiger partial charge in [0.2, 0.25) is 11.6 Å². The lowest BCUT2D eigenvalue weighted by molar-refractivity contribution is 0.236. The second kappa shape index (κ2) is 7.12. The van der Waals surface area contributed by atoms with Crippen molar-refractivity contribution in [2.45, 2.75) is 38.5 Å². The van der Waals surface area contributed by atoms with Gasteiger partial charge in [-0.1, -0.05) is 25.0 Å². The van der Waals surface area contributed by atoms with E-state index in [4.69, 9.17) is 9.47 Å². The minimum absolute atomic E-state index is 0.0229. The van der Waals surface area contributed by atoms with Crippen LogP contribution in [0.4, 0.5) is 8.78 Å². The molecule has 0 aromatic heterocycles. The highest BCUT2D eigenvalue weighted by atomic mass is 19.2. The number of ether oxygens (including phenoxy) is 2. The summed E-state index contributed by atoms with van der Waals surface area (Å²) in [6.45, 7) is 0.718. The quantitative estimate of drug-likeness (QED) is 0.668. The van der Waals surface area contributed by atoms with Gasteiger partial charge in [0, 0.05) is 0 Å². The van der Waals surface area contributed by atoms with Crippen LogP contribution in [0.1, 0.15) is 38.5 Å². The van der Waals surface area contributed by atoms with Gasteiger partial charge in [-0.25, -0.2) is 0 Å². The smallest absolute Gasteiger partial charge is 0.204 e. The lowest BCUT2D eigenvalue weighted by Crippen LogP contribution is -2.09. The maximum Gasteiger partial charge on any atom is 0.204 e. The van der Waals surface area contributed by atoms with Gasteiger partial charge >= 0.3 is 0 Å². The highest BCUT2D eigenvalue weighted by Crippen LogP contribution is 2.31. The maximum atomic E-state index is 14.0. The number of rotatable bonds is 7. The molecule has 0 N–H and O–H groups in total. The van der Waals surface area contributed by atoms with Crippen molar-refractivity contribution in [3.63, 3.8) is 0 Å². The first-order valence-corrected chi connectivity index (χ1v) is 8.14. The Morgan fingerprint density at radius 2 is 1.59 bits per heavy atom. The molecule has 0 atom stereocenters. The van der Waals surface area contributed by atoms with Gasteiger partial charge in [-0.2, -0.15) is 8.78 Å². The standard InChI is InChI=1S/C18H22F2O2/c19-17-15(21-11-3-6-13-7-8-13)9-10-16(18(17)20)22-12-14-4-1-2-5-14/h3,6,9-10,13-14H,1-2,4-5,7-8,11-12H2/b6-3+. The summed E-state index contributed by atoms with van der Waals surface area (Å²) in [6, 6.07) is 2.89. The van der Waals surface area contributed by atoms with Crippen molar-refractivity contribution in [3.05, 3.63) is 35.9 Å². The van der Waals surface area contributed by atoms with Crippen molar-refractivity contribution in [2.24, 2.45) is 11.8 Å². The van der Waals surface area contributed by atoms with Gasteiger partial charge in [-0.05, 0) is 49.7 Å². The summed E-state index contributed by atoms with van der Waals surface area (Å²) in [5.41, 5.74) is 0. The molecule has 120 valence electrons. The third-order valence-electron chi connectivity index (χ3n) is 4.33. The Kier molecular flexibility index (Phi) is 4.96. The largest absolute Gasteiger partial charge is 0.490 e. The summed E-state index contributed by atoms with van der Waals surface area (Å²) in [5, 5.41) is 0. The van der Waals surface area contributed by atoms with Gasteiger partial charge in [-0.15, -0.1) is 0 Å². The highest BCUT2D eigenvalue weighted by molar-refractivity contribution is 5.35. The van der Waals surface area contributed by atoms with Crippen LogP contribution < -0.4 is 9.47 Å². The van der Waals surface area contributed by atoms with E-state index in [2.05, 4.69) is 6.08 Å². The van der Waals surface area contributed by atoms with E-state index in [9.17, 15) is 8.78 Å². The first-order chi connectivity index (χ1) is 10.7. The topological polar surface area (TPSA) is 18.5 Å². The Bertz CT molecular complexity index is 532. The van der Waals surface area contributed by atoms with Crippen LogP contribution in [-0.2, 0) is 0 Å². The molecule has 1 aromatic carbocycles. The van der Waals surface area contributed by atoms with Crippen molar-refractivity contribution in [1.82, 2.24) is 0 Å². The summed E-state index contributed by atoms with van der Waals surface area (Å²) in [5.74, 6) is -0.899. The molecule has 3 rings (SSSR count). The molecule has 2 aliphatic carbocycles. The molecule has 0 amide bonds. The van der Waals surface area contributed by atoms with Crippen LogP contribution in [0.3, 0.4) is 0 Å². The highest BCUT2D eigenvalue weighted by Gasteiger charge is 2.20. The number of hydrogen-bond acceptors (Lipinski definition) is 2. The average Bonchev–Trinajstić information content (AvgIpc) is 3.20. The second-order valence-corrected chi connectivity index (χ2v) is 6.23. The van der Waals surface area contributed by atoms with E-state index >= 15 is 0 Å². The van der Waals surface area contributed by atoms with Crippen LogP contribution in [0.5, 0.6) is 11.5 Å². The van der Waals surface area contributed by atoms with Crippen molar-refractivity contribution in [2.75, 3.05) is 13.2 Å². The zero-order valence-corrected chi connectivity index (χ0v) is 12.7. The van der Waals surface area contributed by atoms with Crippen molar-refractivity contribution in [3.8, 4) is 11.5 Å². The van der Waals surface area contributed by atoms with Crippen LogP contribution in [0.15, 0.2) is 24.3 Å². The summed E-state index contributed by atoms with van der Waals surface area (Å²) in [4.78, 5) is 0. The lowest BCUT2D eigenvalue weighted by Gasteiger charge is -2.13. The van der Waals surface area contributed by atoms with E-state index in [1.807, 2.05) is 6.08 Å². The fourth-order valence-electron chi connectivity index (χ4n) is 2.80. The Balaban J connectivity index is 1.54. The van der Waals surface area contributed by atoms with E-state index in [0.717, 1.165) is 12.8 Å². The normalized spacial score (nSPS) is 19.0. The van der Waals surface area contributed by atoms with Crippen molar-refractivity contribution < 1.29 is 18.3 Å². The van der Waals surface area contributed by atoms with Gasteiger partial charge in [0.25, 0.3) is 0 Å². The van der Waals surface area contributed by atoms with Gasteiger partial charge in [0.1, 0.15) is 6.61 Å². The zero-order valence-electron chi connectivity index (χ0n) is 12.7.